The smallest absolute Gasteiger partial charge is 0.0994 e. The summed E-state index contributed by atoms with van der Waals surface area (Å²) in [5.41, 5.74) is 4.48. The molecule has 1 nitrogen and oxygen atoms in total. The second-order valence-corrected chi connectivity index (χ2v) is 3.80. The molecular weight excluding hydrogens is 182 g/mol. The van der Waals surface area contributed by atoms with E-state index in [1.165, 1.54) is 11.1 Å². The maximum atomic E-state index is 9.04. The molecule has 3 rings (SSSR count). The van der Waals surface area contributed by atoms with Gasteiger partial charge in [-0.1, -0.05) is 42.5 Å². The second-order valence-electron chi connectivity index (χ2n) is 3.80. The summed E-state index contributed by atoms with van der Waals surface area (Å²) in [7, 11) is 0. The lowest BCUT2D eigenvalue weighted by Gasteiger charge is -2.29. The van der Waals surface area contributed by atoms with Crippen LogP contribution in [-0.2, 0) is 0 Å². The van der Waals surface area contributed by atoms with Crippen molar-refractivity contribution in [2.24, 2.45) is 5.92 Å². The van der Waals surface area contributed by atoms with Gasteiger partial charge in [-0.2, -0.15) is 5.26 Å². The van der Waals surface area contributed by atoms with E-state index < -0.39 is 0 Å². The van der Waals surface area contributed by atoms with Crippen molar-refractivity contribution in [1.82, 2.24) is 0 Å². The first-order chi connectivity index (χ1) is 7.40. The Labute approximate surface area is 88.7 Å². The largest absolute Gasteiger partial charge is 0.192 e. The molecule has 15 heavy (non-hydrogen) atoms. The Hall–Kier alpha value is -2.07. The highest BCUT2D eigenvalue weighted by molar-refractivity contribution is 5.62. The zero-order chi connectivity index (χ0) is 10.3. The van der Waals surface area contributed by atoms with E-state index in [0.717, 1.165) is 11.1 Å². The zero-order valence-electron chi connectivity index (χ0n) is 8.14. The van der Waals surface area contributed by atoms with Crippen LogP contribution in [0.3, 0.4) is 0 Å². The Morgan fingerprint density at radius 1 is 0.933 bits per heavy atom. The highest BCUT2D eigenvalue weighted by atomic mass is 14.3. The maximum absolute atomic E-state index is 9.04. The summed E-state index contributed by atoms with van der Waals surface area (Å²) in [5.74, 6) is 0.291. The molecule has 0 bridgehead atoms. The lowest BCUT2D eigenvalue weighted by molar-refractivity contribution is 0.870. The minimum Gasteiger partial charge on any atom is -0.192 e. The molecule has 3 aliphatic rings. The molecule has 1 unspecified atom stereocenters. The SMILES string of the molecule is N#CC1=C2C=CC=C3C=CC=C(C=C1)C32. The first-order valence-electron chi connectivity index (χ1n) is 4.99. The van der Waals surface area contributed by atoms with Crippen LogP contribution in [0.15, 0.2) is 70.9 Å². The van der Waals surface area contributed by atoms with E-state index in [9.17, 15) is 0 Å². The van der Waals surface area contributed by atoms with Gasteiger partial charge in [0, 0.05) is 5.92 Å². The standard InChI is InChI=1S/C14H9N/c15-9-12-8-7-11-4-1-3-10-5-2-6-13(12)14(10)11/h1-8,14H. The lowest BCUT2D eigenvalue weighted by Crippen LogP contribution is -2.16. The molecule has 0 fully saturated rings. The molecule has 0 radical (unpaired) electrons. The molecule has 0 aliphatic heterocycles. The summed E-state index contributed by atoms with van der Waals surface area (Å²) in [6, 6.07) is 2.26. The van der Waals surface area contributed by atoms with Gasteiger partial charge in [-0.3, -0.25) is 0 Å². The van der Waals surface area contributed by atoms with Gasteiger partial charge < -0.3 is 0 Å². The van der Waals surface area contributed by atoms with Gasteiger partial charge >= 0.3 is 0 Å². The second kappa shape index (κ2) is 2.96. The third kappa shape index (κ3) is 1.08. The van der Waals surface area contributed by atoms with Crippen LogP contribution in [0.5, 0.6) is 0 Å². The van der Waals surface area contributed by atoms with E-state index in [1.807, 2.05) is 24.3 Å². The summed E-state index contributed by atoms with van der Waals surface area (Å²) in [6.07, 6.45) is 16.4. The number of rotatable bonds is 0. The van der Waals surface area contributed by atoms with E-state index in [-0.39, 0.29) is 0 Å². The normalized spacial score (nSPS) is 25.7. The summed E-state index contributed by atoms with van der Waals surface area (Å²) < 4.78 is 0. The third-order valence-corrected chi connectivity index (χ3v) is 2.99. The quantitative estimate of drug-likeness (QED) is 0.577. The average Bonchev–Trinajstić information content (AvgIpc) is 2.30. The van der Waals surface area contributed by atoms with Gasteiger partial charge in [0.2, 0.25) is 0 Å². The molecule has 1 atom stereocenters. The van der Waals surface area contributed by atoms with Gasteiger partial charge in [-0.25, -0.2) is 0 Å². The number of hydrogen-bond acceptors (Lipinski definition) is 1. The third-order valence-electron chi connectivity index (χ3n) is 2.99. The molecule has 0 amide bonds. The Balaban J connectivity index is 2.26. The number of hydrogen-bond donors (Lipinski definition) is 0. The van der Waals surface area contributed by atoms with Gasteiger partial charge in [-0.05, 0) is 22.8 Å². The van der Waals surface area contributed by atoms with Crippen LogP contribution in [0.25, 0.3) is 0 Å². The van der Waals surface area contributed by atoms with E-state index in [2.05, 4.69) is 30.4 Å². The Morgan fingerprint density at radius 2 is 1.67 bits per heavy atom. The van der Waals surface area contributed by atoms with Crippen molar-refractivity contribution in [2.75, 3.05) is 0 Å². The van der Waals surface area contributed by atoms with Crippen molar-refractivity contribution in [3.63, 3.8) is 0 Å². The maximum Gasteiger partial charge on any atom is 0.0994 e. The average molecular weight is 191 g/mol. The monoisotopic (exact) mass is 191 g/mol. The molecule has 0 aromatic carbocycles. The first-order valence-corrected chi connectivity index (χ1v) is 4.99. The fourth-order valence-corrected chi connectivity index (χ4v) is 2.30. The lowest BCUT2D eigenvalue weighted by atomic mass is 9.74. The van der Waals surface area contributed by atoms with Crippen LogP contribution in [-0.4, -0.2) is 0 Å². The van der Waals surface area contributed by atoms with Gasteiger partial charge in [0.15, 0.2) is 0 Å². The molecule has 0 heterocycles. The summed E-state index contributed by atoms with van der Waals surface area (Å²) >= 11 is 0. The topological polar surface area (TPSA) is 23.8 Å². The van der Waals surface area contributed by atoms with Crippen molar-refractivity contribution in [2.45, 2.75) is 0 Å². The summed E-state index contributed by atoms with van der Waals surface area (Å²) in [5, 5.41) is 9.04. The van der Waals surface area contributed by atoms with E-state index in [0.29, 0.717) is 5.92 Å². The van der Waals surface area contributed by atoms with Crippen molar-refractivity contribution in [3.05, 3.63) is 70.9 Å². The van der Waals surface area contributed by atoms with Gasteiger partial charge in [-0.15, -0.1) is 0 Å². The van der Waals surface area contributed by atoms with E-state index >= 15 is 0 Å². The molecule has 0 aromatic heterocycles. The van der Waals surface area contributed by atoms with Crippen molar-refractivity contribution in [3.8, 4) is 6.07 Å². The van der Waals surface area contributed by atoms with Crippen LogP contribution in [0.4, 0.5) is 0 Å². The minimum atomic E-state index is 0.291. The number of nitrogens with zero attached hydrogens (tertiary/aromatic N) is 1. The molecule has 0 saturated carbocycles. The highest BCUT2D eigenvalue weighted by Crippen LogP contribution is 2.40. The van der Waals surface area contributed by atoms with Gasteiger partial charge in [0.05, 0.1) is 11.6 Å². The van der Waals surface area contributed by atoms with E-state index in [4.69, 9.17) is 5.26 Å². The molecule has 0 aromatic rings. The van der Waals surface area contributed by atoms with Crippen LogP contribution in [0, 0.1) is 17.2 Å². The Kier molecular flexibility index (Phi) is 1.63. The fourth-order valence-electron chi connectivity index (χ4n) is 2.30. The Morgan fingerprint density at radius 3 is 2.47 bits per heavy atom. The van der Waals surface area contributed by atoms with Crippen LogP contribution >= 0.6 is 0 Å². The van der Waals surface area contributed by atoms with Crippen LogP contribution < -0.4 is 0 Å². The predicted molar refractivity (Wildman–Crippen MR) is 59.7 cm³/mol. The zero-order valence-corrected chi connectivity index (χ0v) is 8.14. The number of allylic oxidation sites excluding steroid dienone is 12. The molecule has 0 spiro atoms. The molecule has 1 heteroatoms. The molecule has 0 saturated heterocycles. The Bertz CT molecular complexity index is 534. The highest BCUT2D eigenvalue weighted by Gasteiger charge is 2.27. The predicted octanol–water partition coefficient (Wildman–Crippen LogP) is 2.98. The van der Waals surface area contributed by atoms with Crippen LogP contribution in [0.2, 0.25) is 0 Å². The molecule has 70 valence electrons. The van der Waals surface area contributed by atoms with Gasteiger partial charge in [0.25, 0.3) is 0 Å². The van der Waals surface area contributed by atoms with Gasteiger partial charge in [0.1, 0.15) is 0 Å². The first kappa shape index (κ1) is 8.26. The molecule has 0 N–H and O–H groups in total. The van der Waals surface area contributed by atoms with Crippen molar-refractivity contribution < 1.29 is 0 Å². The summed E-state index contributed by atoms with van der Waals surface area (Å²) in [4.78, 5) is 0. The van der Waals surface area contributed by atoms with Crippen molar-refractivity contribution >= 4 is 0 Å². The van der Waals surface area contributed by atoms with E-state index in [1.54, 1.807) is 0 Å². The minimum absolute atomic E-state index is 0.291. The molecular formula is C14H9N. The summed E-state index contributed by atoms with van der Waals surface area (Å²) in [6.45, 7) is 0. The molecule has 3 aliphatic carbocycles. The van der Waals surface area contributed by atoms with Crippen LogP contribution in [0.1, 0.15) is 0 Å². The number of nitriles is 1. The fraction of sp³-hybridized carbons (Fsp3) is 0.0714. The van der Waals surface area contributed by atoms with Crippen molar-refractivity contribution in [1.29, 1.82) is 5.26 Å².